The van der Waals surface area contributed by atoms with Crippen molar-refractivity contribution in [2.45, 2.75) is 0 Å². The Hall–Kier alpha value is -0.900. The Morgan fingerprint density at radius 1 is 1.58 bits per heavy atom. The lowest BCUT2D eigenvalue weighted by Crippen LogP contribution is -2.07. The summed E-state index contributed by atoms with van der Waals surface area (Å²) in [6.07, 6.45) is 3.43. The molecule has 0 saturated carbocycles. The maximum atomic E-state index is 4.15. The number of pyridine rings is 1. The van der Waals surface area contributed by atoms with Crippen LogP contribution in [0.1, 0.15) is 0 Å². The van der Waals surface area contributed by atoms with Gasteiger partial charge in [0.05, 0.1) is 10.8 Å². The fraction of sp³-hybridized carbons (Fsp3) is 0.250. The van der Waals surface area contributed by atoms with Crippen molar-refractivity contribution in [3.63, 3.8) is 0 Å². The monoisotopic (exact) mass is 227 g/mol. The zero-order chi connectivity index (χ0) is 8.97. The SMILES string of the molecule is CN(C)/C=N/c1ncccc1Br. The first-order chi connectivity index (χ1) is 5.70. The smallest absolute Gasteiger partial charge is 0.167 e. The molecule has 1 rings (SSSR count). The lowest BCUT2D eigenvalue weighted by Gasteiger charge is -2.02. The quantitative estimate of drug-likeness (QED) is 0.572. The van der Waals surface area contributed by atoms with Crippen LogP contribution < -0.4 is 0 Å². The highest BCUT2D eigenvalue weighted by Crippen LogP contribution is 2.20. The molecule has 3 nitrogen and oxygen atoms in total. The predicted octanol–water partition coefficient (Wildman–Crippen LogP) is 2.07. The van der Waals surface area contributed by atoms with E-state index in [1.165, 1.54) is 0 Å². The van der Waals surface area contributed by atoms with E-state index in [9.17, 15) is 0 Å². The lowest BCUT2D eigenvalue weighted by molar-refractivity contribution is 0.643. The van der Waals surface area contributed by atoms with Gasteiger partial charge in [-0.2, -0.15) is 0 Å². The van der Waals surface area contributed by atoms with Crippen molar-refractivity contribution in [2.24, 2.45) is 4.99 Å². The van der Waals surface area contributed by atoms with Crippen molar-refractivity contribution in [1.29, 1.82) is 0 Å². The summed E-state index contributed by atoms with van der Waals surface area (Å²) in [5, 5.41) is 0. The number of halogens is 1. The van der Waals surface area contributed by atoms with E-state index in [1.54, 1.807) is 12.5 Å². The Labute approximate surface area is 80.3 Å². The maximum Gasteiger partial charge on any atom is 0.167 e. The lowest BCUT2D eigenvalue weighted by atomic mass is 10.5. The molecule has 1 heterocycles. The van der Waals surface area contributed by atoms with Gasteiger partial charge >= 0.3 is 0 Å². The Kier molecular flexibility index (Phi) is 3.22. The van der Waals surface area contributed by atoms with Crippen molar-refractivity contribution >= 4 is 28.1 Å². The molecule has 0 radical (unpaired) electrons. The summed E-state index contributed by atoms with van der Waals surface area (Å²) in [5.74, 6) is 0.700. The first-order valence-electron chi connectivity index (χ1n) is 3.51. The molecule has 0 fully saturated rings. The summed E-state index contributed by atoms with van der Waals surface area (Å²) in [5.41, 5.74) is 0. The van der Waals surface area contributed by atoms with Crippen LogP contribution in [0.4, 0.5) is 5.82 Å². The Balaban J connectivity index is 2.82. The van der Waals surface area contributed by atoms with E-state index < -0.39 is 0 Å². The molecule has 0 unspecified atom stereocenters. The molecule has 4 heteroatoms. The molecule has 0 aromatic carbocycles. The van der Waals surface area contributed by atoms with Crippen LogP contribution in [-0.4, -0.2) is 30.3 Å². The van der Waals surface area contributed by atoms with Crippen molar-refractivity contribution < 1.29 is 0 Å². The van der Waals surface area contributed by atoms with E-state index >= 15 is 0 Å². The molecular weight excluding hydrogens is 218 g/mol. The minimum absolute atomic E-state index is 0.700. The summed E-state index contributed by atoms with van der Waals surface area (Å²) in [6, 6.07) is 3.77. The van der Waals surface area contributed by atoms with Gasteiger partial charge in [-0.15, -0.1) is 0 Å². The van der Waals surface area contributed by atoms with Gasteiger partial charge in [-0.3, -0.25) is 0 Å². The Morgan fingerprint density at radius 2 is 2.33 bits per heavy atom. The van der Waals surface area contributed by atoms with Crippen molar-refractivity contribution in [2.75, 3.05) is 14.1 Å². The summed E-state index contributed by atoms with van der Waals surface area (Å²) < 4.78 is 0.906. The van der Waals surface area contributed by atoms with Gasteiger partial charge in [-0.25, -0.2) is 9.98 Å². The number of nitrogens with zero attached hydrogens (tertiary/aromatic N) is 3. The summed E-state index contributed by atoms with van der Waals surface area (Å²) in [7, 11) is 3.83. The number of aromatic nitrogens is 1. The fourth-order valence-corrected chi connectivity index (χ4v) is 1.000. The topological polar surface area (TPSA) is 28.5 Å². The zero-order valence-electron chi connectivity index (χ0n) is 7.03. The zero-order valence-corrected chi connectivity index (χ0v) is 8.62. The molecule has 12 heavy (non-hydrogen) atoms. The molecule has 1 aromatic heterocycles. The Bertz CT molecular complexity index is 283. The van der Waals surface area contributed by atoms with E-state index in [2.05, 4.69) is 25.9 Å². The van der Waals surface area contributed by atoms with Crippen LogP contribution in [0.3, 0.4) is 0 Å². The normalized spacial score (nSPS) is 10.6. The van der Waals surface area contributed by atoms with Crippen LogP contribution in [0.2, 0.25) is 0 Å². The number of hydrogen-bond acceptors (Lipinski definition) is 2. The third-order valence-corrected chi connectivity index (χ3v) is 1.77. The van der Waals surface area contributed by atoms with Gasteiger partial charge < -0.3 is 4.90 Å². The standard InChI is InChI=1S/C8H10BrN3/c1-12(2)6-11-8-7(9)4-3-5-10-8/h3-6H,1-2H3/b11-6+. The van der Waals surface area contributed by atoms with Crippen LogP contribution in [0.15, 0.2) is 27.8 Å². The number of hydrogen-bond donors (Lipinski definition) is 0. The van der Waals surface area contributed by atoms with E-state index in [4.69, 9.17) is 0 Å². The molecule has 64 valence electrons. The third-order valence-electron chi connectivity index (χ3n) is 1.15. The molecule has 0 bridgehead atoms. The first kappa shape index (κ1) is 9.19. The van der Waals surface area contributed by atoms with Crippen molar-refractivity contribution in [1.82, 2.24) is 9.88 Å². The van der Waals surface area contributed by atoms with Crippen molar-refractivity contribution in [3.05, 3.63) is 22.8 Å². The molecule has 0 atom stereocenters. The van der Waals surface area contributed by atoms with Crippen LogP contribution in [0, 0.1) is 0 Å². The molecule has 0 aliphatic heterocycles. The summed E-state index contributed by atoms with van der Waals surface area (Å²) in [4.78, 5) is 10.1. The highest BCUT2D eigenvalue weighted by Gasteiger charge is 1.94. The summed E-state index contributed by atoms with van der Waals surface area (Å²) >= 11 is 3.35. The number of rotatable bonds is 2. The van der Waals surface area contributed by atoms with Crippen molar-refractivity contribution in [3.8, 4) is 0 Å². The minimum Gasteiger partial charge on any atom is -0.369 e. The number of aliphatic imine (C=N–C) groups is 1. The highest BCUT2D eigenvalue weighted by molar-refractivity contribution is 9.10. The maximum absolute atomic E-state index is 4.15. The van der Waals surface area contributed by atoms with Gasteiger partial charge in [-0.05, 0) is 28.1 Å². The van der Waals surface area contributed by atoms with Gasteiger partial charge in [0.2, 0.25) is 0 Å². The van der Waals surface area contributed by atoms with E-state index in [0.29, 0.717) is 5.82 Å². The fourth-order valence-electron chi connectivity index (χ4n) is 0.643. The average molecular weight is 228 g/mol. The van der Waals surface area contributed by atoms with Gasteiger partial charge in [0.1, 0.15) is 0 Å². The van der Waals surface area contributed by atoms with Crippen LogP contribution in [0.5, 0.6) is 0 Å². The first-order valence-corrected chi connectivity index (χ1v) is 4.30. The van der Waals surface area contributed by atoms with Gasteiger partial charge in [-0.1, -0.05) is 0 Å². The molecule has 0 spiro atoms. The average Bonchev–Trinajstić information content (AvgIpc) is 2.03. The molecule has 0 N–H and O–H groups in total. The molecule has 0 amide bonds. The molecular formula is C8H10BrN3. The van der Waals surface area contributed by atoms with Gasteiger partial charge in [0, 0.05) is 20.3 Å². The van der Waals surface area contributed by atoms with E-state index in [-0.39, 0.29) is 0 Å². The van der Waals surface area contributed by atoms with Crippen LogP contribution in [0.25, 0.3) is 0 Å². The molecule has 0 aliphatic carbocycles. The Morgan fingerprint density at radius 3 is 2.92 bits per heavy atom. The summed E-state index contributed by atoms with van der Waals surface area (Å²) in [6.45, 7) is 0. The largest absolute Gasteiger partial charge is 0.369 e. The van der Waals surface area contributed by atoms with E-state index in [0.717, 1.165) is 4.47 Å². The second-order valence-electron chi connectivity index (χ2n) is 2.52. The van der Waals surface area contributed by atoms with Crippen LogP contribution in [-0.2, 0) is 0 Å². The molecule has 0 saturated heterocycles. The van der Waals surface area contributed by atoms with Gasteiger partial charge in [0.15, 0.2) is 5.82 Å². The second kappa shape index (κ2) is 4.21. The predicted molar refractivity (Wildman–Crippen MR) is 53.8 cm³/mol. The second-order valence-corrected chi connectivity index (χ2v) is 3.37. The minimum atomic E-state index is 0.700. The third kappa shape index (κ3) is 2.62. The highest BCUT2D eigenvalue weighted by atomic mass is 79.9. The van der Waals surface area contributed by atoms with E-state index in [1.807, 2.05) is 31.1 Å². The molecule has 0 aliphatic rings. The van der Waals surface area contributed by atoms with Gasteiger partial charge in [0.25, 0.3) is 0 Å². The molecule has 1 aromatic rings. The van der Waals surface area contributed by atoms with Crippen LogP contribution >= 0.6 is 15.9 Å².